The Hall–Kier alpha value is -2.43. The van der Waals surface area contributed by atoms with Crippen molar-refractivity contribution in [3.8, 4) is 11.5 Å². The van der Waals surface area contributed by atoms with E-state index in [4.69, 9.17) is 4.74 Å². The zero-order valence-electron chi connectivity index (χ0n) is 20.5. The number of aromatic hydroxyl groups is 1. The zero-order chi connectivity index (χ0) is 24.5. The van der Waals surface area contributed by atoms with Crippen LogP contribution in [0, 0.1) is 17.6 Å². The van der Waals surface area contributed by atoms with Crippen LogP contribution < -0.4 is 4.74 Å². The van der Waals surface area contributed by atoms with Crippen LogP contribution in [0.4, 0.5) is 8.78 Å². The van der Waals surface area contributed by atoms with Gasteiger partial charge in [0.2, 0.25) is 5.82 Å². The molecular weight excluding hydrogens is 434 g/mol. The number of hydrogen-bond acceptors (Lipinski definition) is 3. The first-order valence-electron chi connectivity index (χ1n) is 12.9. The van der Waals surface area contributed by atoms with E-state index in [9.17, 15) is 18.7 Å². The predicted octanol–water partition coefficient (Wildman–Crippen LogP) is 8.13. The van der Waals surface area contributed by atoms with Crippen LogP contribution in [-0.2, 0) is 6.42 Å². The van der Waals surface area contributed by atoms with Gasteiger partial charge in [-0.1, -0.05) is 44.7 Å². The van der Waals surface area contributed by atoms with Crippen LogP contribution in [0.5, 0.6) is 11.5 Å². The Morgan fingerprint density at radius 2 is 1.79 bits per heavy atom. The monoisotopic (exact) mass is 472 g/mol. The average Bonchev–Trinajstić information content (AvgIpc) is 2.84. The number of ether oxygens (including phenoxy) is 1. The van der Waals surface area contributed by atoms with E-state index >= 15 is 0 Å². The number of halogens is 2. The molecule has 3 rings (SSSR count). The Morgan fingerprint density at radius 3 is 2.47 bits per heavy atom. The molecule has 0 aliphatic heterocycles. The van der Waals surface area contributed by atoms with Gasteiger partial charge in [0.05, 0.1) is 12.2 Å². The highest BCUT2D eigenvalue weighted by molar-refractivity contribution is 5.98. The first-order chi connectivity index (χ1) is 16.4. The molecule has 186 valence electrons. The van der Waals surface area contributed by atoms with Gasteiger partial charge >= 0.3 is 0 Å². The summed E-state index contributed by atoms with van der Waals surface area (Å²) in [5.41, 5.74) is 1.60. The predicted molar refractivity (Wildman–Crippen MR) is 132 cm³/mol. The van der Waals surface area contributed by atoms with Gasteiger partial charge in [0.25, 0.3) is 0 Å². The fraction of sp³-hybridized carbons (Fsp3) is 0.552. The van der Waals surface area contributed by atoms with E-state index in [1.54, 1.807) is 13.0 Å². The van der Waals surface area contributed by atoms with E-state index in [1.165, 1.54) is 50.7 Å². The van der Waals surface area contributed by atoms with Gasteiger partial charge in [0, 0.05) is 6.42 Å². The summed E-state index contributed by atoms with van der Waals surface area (Å²) < 4.78 is 34.0. The maximum Gasteiger partial charge on any atom is 0.207 e. The largest absolute Gasteiger partial charge is 0.504 e. The molecule has 0 atom stereocenters. The lowest BCUT2D eigenvalue weighted by molar-refractivity contribution is 0.0976. The summed E-state index contributed by atoms with van der Waals surface area (Å²) >= 11 is 0. The summed E-state index contributed by atoms with van der Waals surface area (Å²) in [6.45, 7) is 4.20. The Labute approximate surface area is 202 Å². The smallest absolute Gasteiger partial charge is 0.207 e. The minimum atomic E-state index is -0.927. The SMILES string of the molecule is CCCCCC1CCC(c2ccc(CCCC(=O)c3ccc(OCC)c(F)c3O)c(F)c2)CC1. The summed E-state index contributed by atoms with van der Waals surface area (Å²) in [6.07, 6.45) is 10.9. The number of rotatable bonds is 12. The quantitative estimate of drug-likeness (QED) is 0.251. The second kappa shape index (κ2) is 12.9. The number of Topliss-reactive ketones (excluding diaryl/α,β-unsaturated/α-hetero) is 1. The van der Waals surface area contributed by atoms with Crippen molar-refractivity contribution in [2.24, 2.45) is 5.92 Å². The number of carbonyl (C=O) groups excluding carboxylic acids is 1. The van der Waals surface area contributed by atoms with Crippen molar-refractivity contribution in [3.63, 3.8) is 0 Å². The van der Waals surface area contributed by atoms with Gasteiger partial charge in [-0.05, 0) is 86.6 Å². The number of benzene rings is 2. The molecule has 3 nitrogen and oxygen atoms in total. The minimum absolute atomic E-state index is 0.0675. The number of hydrogen-bond donors (Lipinski definition) is 1. The molecule has 5 heteroatoms. The standard InChI is InChI=1S/C29H38F2O3/c1-3-5-6-8-20-11-13-21(14-12-20)23-16-15-22(25(30)19-23)9-7-10-26(32)24-17-18-27(34-4-2)28(31)29(24)33/h15-21,33H,3-14H2,1-2H3. The molecule has 1 N–H and O–H groups in total. The van der Waals surface area contributed by atoms with Gasteiger partial charge in [-0.25, -0.2) is 4.39 Å². The number of phenolic OH excluding ortho intramolecular Hbond substituents is 1. The zero-order valence-corrected chi connectivity index (χ0v) is 20.5. The molecule has 2 aromatic carbocycles. The first-order valence-corrected chi connectivity index (χ1v) is 12.9. The summed E-state index contributed by atoms with van der Waals surface area (Å²) in [4.78, 5) is 12.5. The van der Waals surface area contributed by atoms with Gasteiger partial charge in [-0.3, -0.25) is 4.79 Å². The fourth-order valence-electron chi connectivity index (χ4n) is 5.10. The third-order valence-corrected chi connectivity index (χ3v) is 7.14. The summed E-state index contributed by atoms with van der Waals surface area (Å²) in [6, 6.07) is 8.28. The average molecular weight is 473 g/mol. The number of ketones is 1. The van der Waals surface area contributed by atoms with Crippen LogP contribution in [0.25, 0.3) is 0 Å². The second-order valence-corrected chi connectivity index (χ2v) is 9.55. The maximum absolute atomic E-state index is 14.8. The minimum Gasteiger partial charge on any atom is -0.504 e. The Bertz CT molecular complexity index is 949. The molecule has 34 heavy (non-hydrogen) atoms. The molecule has 0 spiro atoms. The van der Waals surface area contributed by atoms with E-state index in [2.05, 4.69) is 6.92 Å². The first kappa shape index (κ1) is 26.2. The highest BCUT2D eigenvalue weighted by atomic mass is 19.1. The molecular formula is C29H38F2O3. The Balaban J connectivity index is 1.50. The van der Waals surface area contributed by atoms with Crippen LogP contribution >= 0.6 is 0 Å². The second-order valence-electron chi connectivity index (χ2n) is 9.55. The number of unbranched alkanes of at least 4 members (excludes halogenated alkanes) is 2. The third kappa shape index (κ3) is 6.80. The summed E-state index contributed by atoms with van der Waals surface area (Å²) in [5.74, 6) is -1.02. The molecule has 2 aromatic rings. The lowest BCUT2D eigenvalue weighted by Crippen LogP contribution is -2.13. The summed E-state index contributed by atoms with van der Waals surface area (Å²) in [5, 5.41) is 10.0. The van der Waals surface area contributed by atoms with Crippen LogP contribution in [0.2, 0.25) is 0 Å². The van der Waals surface area contributed by atoms with E-state index in [0.29, 0.717) is 24.3 Å². The van der Waals surface area contributed by atoms with Gasteiger partial charge in [0.15, 0.2) is 17.3 Å². The van der Waals surface area contributed by atoms with E-state index < -0.39 is 11.6 Å². The lowest BCUT2D eigenvalue weighted by Gasteiger charge is -2.29. The van der Waals surface area contributed by atoms with E-state index in [1.807, 2.05) is 12.1 Å². The van der Waals surface area contributed by atoms with Gasteiger partial charge < -0.3 is 9.84 Å². The van der Waals surface area contributed by atoms with Gasteiger partial charge in [0.1, 0.15) is 5.82 Å². The van der Waals surface area contributed by atoms with Crippen LogP contribution in [-0.4, -0.2) is 17.5 Å². The Kier molecular flexibility index (Phi) is 9.91. The van der Waals surface area contributed by atoms with Gasteiger partial charge in [-0.2, -0.15) is 4.39 Å². The highest BCUT2D eigenvalue weighted by Gasteiger charge is 2.23. The van der Waals surface area contributed by atoms with Crippen LogP contribution in [0.15, 0.2) is 30.3 Å². The summed E-state index contributed by atoms with van der Waals surface area (Å²) in [7, 11) is 0. The molecule has 0 aromatic heterocycles. The Morgan fingerprint density at radius 1 is 1.03 bits per heavy atom. The molecule has 0 saturated heterocycles. The van der Waals surface area contributed by atoms with Crippen molar-refractivity contribution in [2.75, 3.05) is 6.61 Å². The molecule has 1 aliphatic carbocycles. The van der Waals surface area contributed by atoms with Crippen LogP contribution in [0.1, 0.15) is 105 Å². The molecule has 0 heterocycles. The van der Waals surface area contributed by atoms with E-state index in [0.717, 1.165) is 24.3 Å². The number of carbonyl (C=O) groups is 1. The maximum atomic E-state index is 14.8. The molecule has 1 fully saturated rings. The molecule has 0 amide bonds. The van der Waals surface area contributed by atoms with Crippen molar-refractivity contribution in [1.82, 2.24) is 0 Å². The molecule has 1 aliphatic rings. The fourth-order valence-corrected chi connectivity index (χ4v) is 5.10. The van der Waals surface area contributed by atoms with Crippen molar-refractivity contribution in [2.45, 2.75) is 90.4 Å². The number of aryl methyl sites for hydroxylation is 1. The van der Waals surface area contributed by atoms with Gasteiger partial charge in [-0.15, -0.1) is 0 Å². The van der Waals surface area contributed by atoms with Crippen molar-refractivity contribution in [3.05, 3.63) is 58.7 Å². The highest BCUT2D eigenvalue weighted by Crippen LogP contribution is 2.38. The molecule has 0 unspecified atom stereocenters. The molecule has 0 bridgehead atoms. The lowest BCUT2D eigenvalue weighted by atomic mass is 9.77. The molecule has 0 radical (unpaired) electrons. The topological polar surface area (TPSA) is 46.5 Å². The molecule has 1 saturated carbocycles. The normalized spacial score (nSPS) is 18.1. The van der Waals surface area contributed by atoms with E-state index in [-0.39, 0.29) is 35.9 Å². The van der Waals surface area contributed by atoms with Crippen molar-refractivity contribution < 1.29 is 23.4 Å². The van der Waals surface area contributed by atoms with Crippen molar-refractivity contribution in [1.29, 1.82) is 0 Å². The third-order valence-electron chi connectivity index (χ3n) is 7.14. The van der Waals surface area contributed by atoms with Crippen LogP contribution in [0.3, 0.4) is 0 Å². The van der Waals surface area contributed by atoms with Crippen molar-refractivity contribution >= 4 is 5.78 Å². The number of phenols is 1.